The van der Waals surface area contributed by atoms with Gasteiger partial charge in [0.15, 0.2) is 6.79 Å². The van der Waals surface area contributed by atoms with E-state index in [1.807, 2.05) is 36.4 Å². The SMILES string of the molecule is COCOc1ccc(N)c(CCC(O)c2ccc3ccc(C#N)cc3c2)c1. The summed E-state index contributed by atoms with van der Waals surface area (Å²) < 4.78 is 10.4. The molecule has 3 aromatic carbocycles. The molecule has 0 heterocycles. The maximum Gasteiger partial charge on any atom is 0.188 e. The van der Waals surface area contributed by atoms with Crippen molar-refractivity contribution >= 4 is 16.5 Å². The third kappa shape index (κ3) is 4.56. The van der Waals surface area contributed by atoms with E-state index in [1.54, 1.807) is 25.3 Å². The molecule has 0 saturated carbocycles. The molecule has 5 nitrogen and oxygen atoms in total. The molecule has 0 amide bonds. The van der Waals surface area contributed by atoms with Crippen molar-refractivity contribution in [3.63, 3.8) is 0 Å². The topological polar surface area (TPSA) is 88.5 Å². The summed E-state index contributed by atoms with van der Waals surface area (Å²) in [7, 11) is 1.57. The highest BCUT2D eigenvalue weighted by Crippen LogP contribution is 2.27. The molecule has 0 fully saturated rings. The first-order valence-corrected chi connectivity index (χ1v) is 8.72. The first kappa shape index (κ1) is 18.7. The van der Waals surface area contributed by atoms with Crippen LogP contribution in [-0.2, 0) is 11.2 Å². The summed E-state index contributed by atoms with van der Waals surface area (Å²) >= 11 is 0. The molecule has 0 aliphatic heterocycles. The second-order valence-corrected chi connectivity index (χ2v) is 6.40. The minimum atomic E-state index is -0.622. The van der Waals surface area contributed by atoms with Gasteiger partial charge in [-0.15, -0.1) is 0 Å². The van der Waals surface area contributed by atoms with E-state index >= 15 is 0 Å². The number of methoxy groups -OCH3 is 1. The van der Waals surface area contributed by atoms with Crippen LogP contribution < -0.4 is 10.5 Å². The first-order valence-electron chi connectivity index (χ1n) is 8.72. The average molecular weight is 362 g/mol. The predicted octanol–water partition coefficient (Wildman–Crippen LogP) is 3.94. The van der Waals surface area contributed by atoms with Crippen LogP contribution in [0.3, 0.4) is 0 Å². The molecule has 1 atom stereocenters. The molecule has 3 rings (SSSR count). The third-order valence-electron chi connectivity index (χ3n) is 4.52. The predicted molar refractivity (Wildman–Crippen MR) is 105 cm³/mol. The van der Waals surface area contributed by atoms with Gasteiger partial charge in [0.25, 0.3) is 0 Å². The zero-order valence-electron chi connectivity index (χ0n) is 15.2. The summed E-state index contributed by atoms with van der Waals surface area (Å²) in [4.78, 5) is 0. The van der Waals surface area contributed by atoms with E-state index in [1.165, 1.54) is 0 Å². The number of nitrogens with two attached hydrogens (primary N) is 1. The quantitative estimate of drug-likeness (QED) is 0.491. The van der Waals surface area contributed by atoms with Crippen molar-refractivity contribution in [2.45, 2.75) is 18.9 Å². The highest BCUT2D eigenvalue weighted by molar-refractivity contribution is 5.84. The van der Waals surface area contributed by atoms with Crippen LogP contribution in [0.5, 0.6) is 5.75 Å². The molecule has 27 heavy (non-hydrogen) atoms. The van der Waals surface area contributed by atoms with Gasteiger partial charge in [0.1, 0.15) is 5.75 Å². The molecule has 5 heteroatoms. The number of aryl methyl sites for hydroxylation is 1. The molecule has 0 spiro atoms. The standard InChI is InChI=1S/C22H22N2O3/c1-26-14-27-20-7-8-21(24)17(12-20)6-9-22(25)18-5-4-16-3-2-15(13-23)10-19(16)11-18/h2-5,7-8,10-12,22,25H,6,9,14,24H2,1H3. The van der Waals surface area contributed by atoms with Gasteiger partial charge in [-0.05, 0) is 71.1 Å². The second-order valence-electron chi connectivity index (χ2n) is 6.40. The van der Waals surface area contributed by atoms with Crippen molar-refractivity contribution in [2.75, 3.05) is 19.6 Å². The van der Waals surface area contributed by atoms with Crippen molar-refractivity contribution in [3.8, 4) is 11.8 Å². The van der Waals surface area contributed by atoms with Crippen molar-refractivity contribution in [1.29, 1.82) is 5.26 Å². The second kappa shape index (κ2) is 8.54. The lowest BCUT2D eigenvalue weighted by Crippen LogP contribution is -2.03. The average Bonchev–Trinajstić information content (AvgIpc) is 2.71. The maximum absolute atomic E-state index is 10.6. The smallest absolute Gasteiger partial charge is 0.188 e. The van der Waals surface area contributed by atoms with Crippen molar-refractivity contribution in [2.24, 2.45) is 0 Å². The molecule has 138 valence electrons. The Hall–Kier alpha value is -3.07. The van der Waals surface area contributed by atoms with Gasteiger partial charge in [-0.25, -0.2) is 0 Å². The van der Waals surface area contributed by atoms with E-state index in [-0.39, 0.29) is 6.79 Å². The number of nitrogen functional groups attached to an aromatic ring is 1. The van der Waals surface area contributed by atoms with Gasteiger partial charge in [0.2, 0.25) is 0 Å². The largest absolute Gasteiger partial charge is 0.468 e. The Morgan fingerprint density at radius 3 is 2.67 bits per heavy atom. The molecule has 3 aromatic rings. The van der Waals surface area contributed by atoms with E-state index in [9.17, 15) is 5.11 Å². The van der Waals surface area contributed by atoms with Gasteiger partial charge >= 0.3 is 0 Å². The fourth-order valence-corrected chi connectivity index (χ4v) is 3.02. The number of nitriles is 1. The molecular formula is C22H22N2O3. The molecule has 3 N–H and O–H groups in total. The molecule has 0 aliphatic carbocycles. The van der Waals surface area contributed by atoms with Crippen LogP contribution in [0.2, 0.25) is 0 Å². The number of hydrogen-bond acceptors (Lipinski definition) is 5. The van der Waals surface area contributed by atoms with E-state index in [4.69, 9.17) is 20.5 Å². The van der Waals surface area contributed by atoms with Crippen LogP contribution in [0.4, 0.5) is 5.69 Å². The van der Waals surface area contributed by atoms with Crippen LogP contribution in [0, 0.1) is 11.3 Å². The summed E-state index contributed by atoms with van der Waals surface area (Å²) in [5.74, 6) is 0.685. The van der Waals surface area contributed by atoms with Crippen molar-refractivity contribution in [1.82, 2.24) is 0 Å². The normalized spacial score (nSPS) is 11.9. The van der Waals surface area contributed by atoms with E-state index < -0.39 is 6.10 Å². The van der Waals surface area contributed by atoms with Gasteiger partial charge in [-0.3, -0.25) is 0 Å². The fraction of sp³-hybridized carbons (Fsp3) is 0.227. The molecule has 0 radical (unpaired) electrons. The Kier molecular flexibility index (Phi) is 5.92. The minimum absolute atomic E-state index is 0.174. The number of aliphatic hydroxyl groups is 1. The monoisotopic (exact) mass is 362 g/mol. The lowest BCUT2D eigenvalue weighted by atomic mass is 9.97. The Morgan fingerprint density at radius 1 is 1.07 bits per heavy atom. The van der Waals surface area contributed by atoms with Gasteiger partial charge in [0, 0.05) is 12.8 Å². The molecule has 0 aliphatic rings. The van der Waals surface area contributed by atoms with Gasteiger partial charge in [-0.2, -0.15) is 5.26 Å². The van der Waals surface area contributed by atoms with Crippen LogP contribution in [-0.4, -0.2) is 19.0 Å². The van der Waals surface area contributed by atoms with Crippen molar-refractivity contribution in [3.05, 3.63) is 71.3 Å². The number of fused-ring (bicyclic) bond motifs is 1. The number of ether oxygens (including phenoxy) is 2. The van der Waals surface area contributed by atoms with E-state index in [2.05, 4.69) is 6.07 Å². The zero-order valence-corrected chi connectivity index (χ0v) is 15.2. The molecule has 0 saturated heterocycles. The van der Waals surface area contributed by atoms with Crippen LogP contribution in [0.1, 0.15) is 29.2 Å². The van der Waals surface area contributed by atoms with Crippen LogP contribution >= 0.6 is 0 Å². The summed E-state index contributed by atoms with van der Waals surface area (Å²) in [6.07, 6.45) is 0.526. The summed E-state index contributed by atoms with van der Waals surface area (Å²) in [6, 6.07) is 19.0. The molecular weight excluding hydrogens is 340 g/mol. The minimum Gasteiger partial charge on any atom is -0.468 e. The van der Waals surface area contributed by atoms with Crippen LogP contribution in [0.15, 0.2) is 54.6 Å². The number of hydrogen-bond donors (Lipinski definition) is 2. The first-order chi connectivity index (χ1) is 13.1. The van der Waals surface area contributed by atoms with Gasteiger partial charge in [-0.1, -0.05) is 18.2 Å². The van der Waals surface area contributed by atoms with Gasteiger partial charge < -0.3 is 20.3 Å². The Balaban J connectivity index is 1.73. The molecule has 1 unspecified atom stereocenters. The Labute approximate surface area is 158 Å². The summed E-state index contributed by atoms with van der Waals surface area (Å²) in [5, 5.41) is 21.7. The lowest BCUT2D eigenvalue weighted by molar-refractivity contribution is 0.0511. The number of benzene rings is 3. The van der Waals surface area contributed by atoms with E-state index in [0.29, 0.717) is 29.8 Å². The highest BCUT2D eigenvalue weighted by Gasteiger charge is 2.11. The highest BCUT2D eigenvalue weighted by atomic mass is 16.7. The number of anilines is 1. The van der Waals surface area contributed by atoms with Gasteiger partial charge in [0.05, 0.1) is 17.7 Å². The summed E-state index contributed by atoms with van der Waals surface area (Å²) in [5.41, 5.74) is 9.08. The van der Waals surface area contributed by atoms with E-state index in [0.717, 1.165) is 21.9 Å². The third-order valence-corrected chi connectivity index (χ3v) is 4.52. The zero-order chi connectivity index (χ0) is 19.2. The maximum atomic E-state index is 10.6. The molecule has 0 aromatic heterocycles. The van der Waals surface area contributed by atoms with Crippen LogP contribution in [0.25, 0.3) is 10.8 Å². The fourth-order valence-electron chi connectivity index (χ4n) is 3.02. The molecule has 0 bridgehead atoms. The lowest BCUT2D eigenvalue weighted by Gasteiger charge is -2.14. The Morgan fingerprint density at radius 2 is 1.89 bits per heavy atom. The number of rotatable bonds is 7. The number of nitrogens with zero attached hydrogens (tertiary/aromatic N) is 1. The Bertz CT molecular complexity index is 979. The summed E-state index contributed by atoms with van der Waals surface area (Å²) in [6.45, 7) is 0.174. The number of aliphatic hydroxyl groups excluding tert-OH is 1. The van der Waals surface area contributed by atoms with Crippen molar-refractivity contribution < 1.29 is 14.6 Å².